The maximum atomic E-state index is 13.7. The van der Waals surface area contributed by atoms with Crippen LogP contribution in [0.5, 0.6) is 0 Å². The highest BCUT2D eigenvalue weighted by atomic mass is 79.9. The van der Waals surface area contributed by atoms with Crippen LogP contribution >= 0.6 is 15.9 Å². The van der Waals surface area contributed by atoms with Crippen molar-refractivity contribution in [2.24, 2.45) is 0 Å². The van der Waals surface area contributed by atoms with Gasteiger partial charge in [-0.2, -0.15) is 5.10 Å². The van der Waals surface area contributed by atoms with E-state index >= 15 is 0 Å². The van der Waals surface area contributed by atoms with Crippen LogP contribution in [-0.4, -0.2) is 25.7 Å². The number of carbonyl (C=O) groups is 1. The molecule has 2 aromatic heterocycles. The zero-order valence-electron chi connectivity index (χ0n) is 9.92. The second kappa shape index (κ2) is 4.68. The van der Waals surface area contributed by atoms with Crippen molar-refractivity contribution in [2.75, 3.05) is 0 Å². The highest BCUT2D eigenvalue weighted by Gasteiger charge is 2.17. The lowest BCUT2D eigenvalue weighted by Crippen LogP contribution is -1.98. The smallest absolute Gasteiger partial charge is 0.357 e. The number of rotatable bonds is 2. The average molecular weight is 336 g/mol. The molecule has 20 heavy (non-hydrogen) atoms. The van der Waals surface area contributed by atoms with Crippen LogP contribution in [0.2, 0.25) is 0 Å². The van der Waals surface area contributed by atoms with Crippen LogP contribution in [0.25, 0.3) is 16.9 Å². The topological polar surface area (TPSA) is 67.5 Å². The monoisotopic (exact) mass is 335 g/mol. The van der Waals surface area contributed by atoms with Gasteiger partial charge in [0.1, 0.15) is 10.4 Å². The number of imidazole rings is 1. The molecule has 5 nitrogen and oxygen atoms in total. The zero-order chi connectivity index (χ0) is 14.3. The van der Waals surface area contributed by atoms with E-state index in [0.717, 1.165) is 0 Å². The minimum atomic E-state index is -1.16. The van der Waals surface area contributed by atoms with Gasteiger partial charge in [-0.15, -0.1) is 0 Å². The summed E-state index contributed by atoms with van der Waals surface area (Å²) in [5.41, 5.74) is 0.968. The molecule has 0 aliphatic heterocycles. The van der Waals surface area contributed by atoms with E-state index in [1.807, 2.05) is 0 Å². The number of nitrogens with zero attached hydrogens (tertiary/aromatic N) is 3. The third-order valence-electron chi connectivity index (χ3n) is 2.78. The molecule has 0 radical (unpaired) electrons. The normalized spacial score (nSPS) is 10.9. The lowest BCUT2D eigenvalue weighted by molar-refractivity contribution is 0.0690. The first-order chi connectivity index (χ1) is 9.58. The maximum absolute atomic E-state index is 13.7. The number of hydrogen-bond donors (Lipinski definition) is 1. The fourth-order valence-electron chi connectivity index (χ4n) is 1.86. The van der Waals surface area contributed by atoms with Crippen molar-refractivity contribution in [3.8, 4) is 11.3 Å². The Labute approximate surface area is 120 Å². The Kier molecular flexibility index (Phi) is 2.98. The summed E-state index contributed by atoms with van der Waals surface area (Å²) in [6.45, 7) is 0. The lowest BCUT2D eigenvalue weighted by atomic mass is 10.1. The third-order valence-corrected chi connectivity index (χ3v) is 3.49. The second-order valence-electron chi connectivity index (χ2n) is 4.02. The predicted molar refractivity (Wildman–Crippen MR) is 73.0 cm³/mol. The van der Waals surface area contributed by atoms with Gasteiger partial charge in [0, 0.05) is 5.56 Å². The molecule has 3 rings (SSSR count). The number of carboxylic acid groups (broad SMARTS) is 1. The largest absolute Gasteiger partial charge is 0.476 e. The predicted octanol–water partition coefficient (Wildman–Crippen LogP) is 3.00. The first-order valence-corrected chi connectivity index (χ1v) is 6.40. The van der Waals surface area contributed by atoms with Crippen LogP contribution in [0.15, 0.2) is 41.0 Å². The fourth-order valence-corrected chi connectivity index (χ4v) is 2.37. The molecule has 0 unspecified atom stereocenters. The second-order valence-corrected chi connectivity index (χ2v) is 4.78. The Hall–Kier alpha value is -2.28. The van der Waals surface area contributed by atoms with Gasteiger partial charge in [0.05, 0.1) is 5.69 Å². The third kappa shape index (κ3) is 1.96. The Morgan fingerprint density at radius 3 is 2.70 bits per heavy atom. The fraction of sp³-hybridized carbons (Fsp3) is 0. The molecule has 100 valence electrons. The Morgan fingerprint density at radius 2 is 2.00 bits per heavy atom. The summed E-state index contributed by atoms with van der Waals surface area (Å²) in [5, 5.41) is 13.2. The molecular weight excluding hydrogens is 329 g/mol. The van der Waals surface area contributed by atoms with Gasteiger partial charge in [0.15, 0.2) is 11.3 Å². The molecular formula is C13H7BrFN3O2. The van der Waals surface area contributed by atoms with Crippen molar-refractivity contribution in [1.29, 1.82) is 0 Å². The summed E-state index contributed by atoms with van der Waals surface area (Å²) in [5.74, 6) is -1.55. The van der Waals surface area contributed by atoms with E-state index in [4.69, 9.17) is 5.11 Å². The minimum absolute atomic E-state index is 0.136. The first-order valence-electron chi connectivity index (χ1n) is 5.61. The summed E-state index contributed by atoms with van der Waals surface area (Å²) in [7, 11) is 0. The van der Waals surface area contributed by atoms with E-state index in [-0.39, 0.29) is 10.3 Å². The summed E-state index contributed by atoms with van der Waals surface area (Å²) in [6, 6.07) is 9.42. The van der Waals surface area contributed by atoms with Crippen LogP contribution in [0.3, 0.4) is 0 Å². The van der Waals surface area contributed by atoms with E-state index in [2.05, 4.69) is 26.0 Å². The van der Waals surface area contributed by atoms with Crippen LogP contribution < -0.4 is 0 Å². The molecule has 7 heteroatoms. The Morgan fingerprint density at radius 1 is 1.25 bits per heavy atom. The summed E-state index contributed by atoms with van der Waals surface area (Å²) in [6.07, 6.45) is 0. The molecule has 0 amide bonds. The van der Waals surface area contributed by atoms with Crippen molar-refractivity contribution in [1.82, 2.24) is 14.6 Å². The highest BCUT2D eigenvalue weighted by molar-refractivity contribution is 9.10. The molecule has 0 aliphatic rings. The molecule has 0 atom stereocenters. The van der Waals surface area contributed by atoms with Gasteiger partial charge >= 0.3 is 5.97 Å². The minimum Gasteiger partial charge on any atom is -0.476 e. The molecule has 1 aromatic carbocycles. The Balaban J connectivity index is 2.23. The molecule has 1 N–H and O–H groups in total. The number of carboxylic acids is 1. The molecule has 0 saturated heterocycles. The van der Waals surface area contributed by atoms with Crippen molar-refractivity contribution < 1.29 is 14.3 Å². The van der Waals surface area contributed by atoms with Crippen LogP contribution in [0.4, 0.5) is 4.39 Å². The van der Waals surface area contributed by atoms with E-state index in [1.54, 1.807) is 30.3 Å². The molecule has 0 aliphatic carbocycles. The molecule has 3 aromatic rings. The van der Waals surface area contributed by atoms with Gasteiger partial charge in [-0.05, 0) is 40.2 Å². The van der Waals surface area contributed by atoms with Gasteiger partial charge in [-0.25, -0.2) is 18.7 Å². The molecule has 0 saturated carbocycles. The van der Waals surface area contributed by atoms with E-state index < -0.39 is 11.8 Å². The zero-order valence-corrected chi connectivity index (χ0v) is 11.5. The van der Waals surface area contributed by atoms with Crippen molar-refractivity contribution in [3.05, 3.63) is 52.5 Å². The number of hydrogen-bond acceptors (Lipinski definition) is 3. The Bertz CT molecular complexity index is 832. The van der Waals surface area contributed by atoms with Gasteiger partial charge in [0.2, 0.25) is 0 Å². The number of fused-ring (bicyclic) bond motifs is 1. The lowest BCUT2D eigenvalue weighted by Gasteiger charge is -2.03. The maximum Gasteiger partial charge on any atom is 0.357 e. The van der Waals surface area contributed by atoms with Crippen LogP contribution in [-0.2, 0) is 0 Å². The quantitative estimate of drug-likeness (QED) is 0.781. The van der Waals surface area contributed by atoms with Gasteiger partial charge in [0.25, 0.3) is 0 Å². The van der Waals surface area contributed by atoms with Gasteiger partial charge in [-0.3, -0.25) is 0 Å². The molecule has 0 spiro atoms. The number of aromatic carboxylic acids is 1. The van der Waals surface area contributed by atoms with E-state index in [0.29, 0.717) is 16.9 Å². The summed E-state index contributed by atoms with van der Waals surface area (Å²) >= 11 is 3.14. The average Bonchev–Trinajstić information content (AvgIpc) is 2.76. The molecule has 0 fully saturated rings. The molecule has 2 heterocycles. The number of benzene rings is 1. The van der Waals surface area contributed by atoms with Crippen molar-refractivity contribution in [3.63, 3.8) is 0 Å². The van der Waals surface area contributed by atoms with Crippen LogP contribution in [0.1, 0.15) is 10.5 Å². The summed E-state index contributed by atoms with van der Waals surface area (Å²) < 4.78 is 15.3. The van der Waals surface area contributed by atoms with E-state index in [1.165, 1.54) is 10.6 Å². The molecule has 0 bridgehead atoms. The standard InChI is InChI=1S/C13H7BrFN3O2/c14-12-11(13(19)20)16-10-6-5-9(17-18(10)12)7-3-1-2-4-8(7)15/h1-6H,(H,19,20). The summed E-state index contributed by atoms with van der Waals surface area (Å²) in [4.78, 5) is 14.9. The van der Waals surface area contributed by atoms with Crippen molar-refractivity contribution >= 4 is 27.5 Å². The SMILES string of the molecule is O=C(O)c1nc2ccc(-c3ccccc3F)nn2c1Br. The van der Waals surface area contributed by atoms with Gasteiger partial charge < -0.3 is 5.11 Å². The van der Waals surface area contributed by atoms with E-state index in [9.17, 15) is 9.18 Å². The highest BCUT2D eigenvalue weighted by Crippen LogP contribution is 2.23. The van der Waals surface area contributed by atoms with Gasteiger partial charge in [-0.1, -0.05) is 12.1 Å². The van der Waals surface area contributed by atoms with Crippen molar-refractivity contribution in [2.45, 2.75) is 0 Å². The number of aromatic nitrogens is 3. The first kappa shape index (κ1) is 12.7. The number of halogens is 2. The van der Waals surface area contributed by atoms with Crippen LogP contribution in [0, 0.1) is 5.82 Å².